The molecule has 4 heteroatoms. The quantitative estimate of drug-likeness (QED) is 0.798. The zero-order valence-electron chi connectivity index (χ0n) is 12.8. The van der Waals surface area contributed by atoms with Gasteiger partial charge in [0.25, 0.3) is 0 Å². The molecule has 2 unspecified atom stereocenters. The third-order valence-corrected chi connectivity index (χ3v) is 4.32. The van der Waals surface area contributed by atoms with Crippen LogP contribution in [0.5, 0.6) is 5.75 Å². The molecule has 1 saturated heterocycles. The average molecular weight is 289 g/mol. The summed E-state index contributed by atoms with van der Waals surface area (Å²) in [4.78, 5) is 14.2. The molecule has 2 atom stereocenters. The van der Waals surface area contributed by atoms with Crippen molar-refractivity contribution in [3.05, 3.63) is 29.3 Å². The highest BCUT2D eigenvalue weighted by molar-refractivity contribution is 5.76. The van der Waals surface area contributed by atoms with Crippen LogP contribution in [0.4, 0.5) is 0 Å². The average Bonchev–Trinajstić information content (AvgIpc) is 3.05. The summed E-state index contributed by atoms with van der Waals surface area (Å²) in [6, 6.07) is 6.25. The molecule has 21 heavy (non-hydrogen) atoms. The Morgan fingerprint density at radius 3 is 3.14 bits per heavy atom. The van der Waals surface area contributed by atoms with Crippen LogP contribution in [-0.4, -0.2) is 42.7 Å². The number of carbonyl (C=O) groups excluding carboxylic acids is 1. The van der Waals surface area contributed by atoms with Gasteiger partial charge in [-0.05, 0) is 44.9 Å². The Hall–Kier alpha value is -1.55. The molecule has 0 N–H and O–H groups in total. The molecule has 0 radical (unpaired) electrons. The van der Waals surface area contributed by atoms with Gasteiger partial charge in [0, 0.05) is 13.0 Å². The van der Waals surface area contributed by atoms with E-state index in [0.29, 0.717) is 6.61 Å². The molecule has 2 aliphatic rings. The predicted octanol–water partition coefficient (Wildman–Crippen LogP) is 2.33. The van der Waals surface area contributed by atoms with Crippen molar-refractivity contribution in [3.8, 4) is 5.75 Å². The molecule has 3 rings (SSSR count). The van der Waals surface area contributed by atoms with Crippen LogP contribution in [0.1, 0.15) is 30.9 Å². The van der Waals surface area contributed by atoms with Crippen molar-refractivity contribution < 1.29 is 14.3 Å². The van der Waals surface area contributed by atoms with Crippen molar-refractivity contribution in [2.45, 2.75) is 45.3 Å². The van der Waals surface area contributed by atoms with E-state index in [-0.39, 0.29) is 18.1 Å². The lowest BCUT2D eigenvalue weighted by molar-refractivity contribution is -0.148. The maximum atomic E-state index is 12.0. The Balaban J connectivity index is 1.61. The first-order chi connectivity index (χ1) is 10.2. The smallest absolute Gasteiger partial charge is 0.323 e. The Kier molecular flexibility index (Phi) is 4.15. The van der Waals surface area contributed by atoms with Crippen LogP contribution in [0.3, 0.4) is 0 Å². The van der Waals surface area contributed by atoms with Crippen molar-refractivity contribution in [1.82, 2.24) is 4.90 Å². The predicted molar refractivity (Wildman–Crippen MR) is 80.5 cm³/mol. The molecular weight excluding hydrogens is 266 g/mol. The van der Waals surface area contributed by atoms with Crippen LogP contribution >= 0.6 is 0 Å². The van der Waals surface area contributed by atoms with E-state index in [1.165, 1.54) is 11.1 Å². The number of ether oxygens (including phenoxy) is 2. The van der Waals surface area contributed by atoms with Gasteiger partial charge < -0.3 is 9.47 Å². The molecule has 114 valence electrons. The van der Waals surface area contributed by atoms with Crippen LogP contribution in [0.15, 0.2) is 18.2 Å². The van der Waals surface area contributed by atoms with Gasteiger partial charge in [0.2, 0.25) is 0 Å². The van der Waals surface area contributed by atoms with Crippen LogP contribution in [-0.2, 0) is 16.0 Å². The first-order valence-corrected chi connectivity index (χ1v) is 7.84. The number of benzene rings is 1. The molecule has 2 heterocycles. The molecule has 0 aromatic heterocycles. The zero-order chi connectivity index (χ0) is 14.8. The summed E-state index contributed by atoms with van der Waals surface area (Å²) in [6.45, 7) is 6.17. The second kappa shape index (κ2) is 6.06. The largest absolute Gasteiger partial charge is 0.488 e. The van der Waals surface area contributed by atoms with Crippen molar-refractivity contribution in [3.63, 3.8) is 0 Å². The number of hydrogen-bond acceptors (Lipinski definition) is 4. The number of aryl methyl sites for hydroxylation is 1. The fraction of sp³-hybridized carbons (Fsp3) is 0.588. The Labute approximate surface area is 126 Å². The highest BCUT2D eigenvalue weighted by Gasteiger charge is 2.35. The maximum absolute atomic E-state index is 12.0. The van der Waals surface area contributed by atoms with Crippen LogP contribution in [0, 0.1) is 6.92 Å². The van der Waals surface area contributed by atoms with E-state index < -0.39 is 0 Å². The van der Waals surface area contributed by atoms with Gasteiger partial charge in [-0.15, -0.1) is 0 Å². The first kappa shape index (κ1) is 14.4. The molecular formula is C17H23NO3. The molecule has 0 amide bonds. The summed E-state index contributed by atoms with van der Waals surface area (Å²) in [5.74, 6) is 0.916. The second-order valence-electron chi connectivity index (χ2n) is 5.96. The first-order valence-electron chi connectivity index (χ1n) is 7.84. The van der Waals surface area contributed by atoms with E-state index in [1.807, 2.05) is 6.92 Å². The van der Waals surface area contributed by atoms with Gasteiger partial charge >= 0.3 is 5.97 Å². The normalized spacial score (nSPS) is 24.7. The van der Waals surface area contributed by atoms with Gasteiger partial charge in [0.05, 0.1) is 6.61 Å². The summed E-state index contributed by atoms with van der Waals surface area (Å²) in [6.07, 6.45) is 3.04. The SMILES string of the molecule is CCOC(=O)C1CCCN1CC1Cc2cc(C)ccc2O1. The third kappa shape index (κ3) is 3.05. The molecule has 0 bridgehead atoms. The molecule has 0 spiro atoms. The van der Waals surface area contributed by atoms with Crippen molar-refractivity contribution in [2.24, 2.45) is 0 Å². The van der Waals surface area contributed by atoms with Crippen LogP contribution < -0.4 is 4.74 Å². The Bertz CT molecular complexity index is 529. The molecule has 4 nitrogen and oxygen atoms in total. The number of hydrogen-bond donors (Lipinski definition) is 0. The fourth-order valence-corrected chi connectivity index (χ4v) is 3.36. The van der Waals surface area contributed by atoms with E-state index >= 15 is 0 Å². The minimum absolute atomic E-state index is 0.0821. The highest BCUT2D eigenvalue weighted by atomic mass is 16.5. The standard InChI is InChI=1S/C17H23NO3/c1-3-20-17(19)15-5-4-8-18(15)11-14-10-13-9-12(2)6-7-16(13)21-14/h6-7,9,14-15H,3-5,8,10-11H2,1-2H3. The molecule has 2 aliphatic heterocycles. The van der Waals surface area contributed by atoms with E-state index in [9.17, 15) is 4.79 Å². The van der Waals surface area contributed by atoms with Gasteiger partial charge in [-0.3, -0.25) is 9.69 Å². The lowest BCUT2D eigenvalue weighted by Gasteiger charge is -2.25. The number of esters is 1. The van der Waals surface area contributed by atoms with E-state index in [4.69, 9.17) is 9.47 Å². The molecule has 1 aromatic carbocycles. The van der Waals surface area contributed by atoms with Gasteiger partial charge in [-0.2, -0.15) is 0 Å². The molecule has 1 fully saturated rings. The number of likely N-dealkylation sites (tertiary alicyclic amines) is 1. The Morgan fingerprint density at radius 2 is 2.33 bits per heavy atom. The zero-order valence-corrected chi connectivity index (χ0v) is 12.8. The third-order valence-electron chi connectivity index (χ3n) is 4.32. The van der Waals surface area contributed by atoms with Gasteiger partial charge in [0.15, 0.2) is 0 Å². The summed E-state index contributed by atoms with van der Waals surface area (Å²) in [5.41, 5.74) is 2.55. The minimum Gasteiger partial charge on any atom is -0.488 e. The van der Waals surface area contributed by atoms with Crippen molar-refractivity contribution in [2.75, 3.05) is 19.7 Å². The summed E-state index contributed by atoms with van der Waals surface area (Å²) >= 11 is 0. The fourth-order valence-electron chi connectivity index (χ4n) is 3.36. The molecule has 0 saturated carbocycles. The number of nitrogens with zero attached hydrogens (tertiary/aromatic N) is 1. The second-order valence-corrected chi connectivity index (χ2v) is 5.96. The monoisotopic (exact) mass is 289 g/mol. The summed E-state index contributed by atoms with van der Waals surface area (Å²) in [5, 5.41) is 0. The topological polar surface area (TPSA) is 38.8 Å². The van der Waals surface area contributed by atoms with E-state index in [0.717, 1.165) is 38.1 Å². The van der Waals surface area contributed by atoms with Crippen LogP contribution in [0.2, 0.25) is 0 Å². The van der Waals surface area contributed by atoms with E-state index in [1.54, 1.807) is 0 Å². The van der Waals surface area contributed by atoms with E-state index in [2.05, 4.69) is 30.0 Å². The Morgan fingerprint density at radius 1 is 1.48 bits per heavy atom. The van der Waals surface area contributed by atoms with Crippen LogP contribution in [0.25, 0.3) is 0 Å². The highest BCUT2D eigenvalue weighted by Crippen LogP contribution is 2.31. The van der Waals surface area contributed by atoms with Gasteiger partial charge in [-0.25, -0.2) is 0 Å². The minimum atomic E-state index is -0.0843. The number of carbonyl (C=O) groups is 1. The van der Waals surface area contributed by atoms with Crippen molar-refractivity contribution in [1.29, 1.82) is 0 Å². The lowest BCUT2D eigenvalue weighted by atomic mass is 10.1. The molecule has 1 aromatic rings. The molecule has 0 aliphatic carbocycles. The summed E-state index contributed by atoms with van der Waals surface area (Å²) < 4.78 is 11.2. The summed E-state index contributed by atoms with van der Waals surface area (Å²) in [7, 11) is 0. The number of rotatable bonds is 4. The van der Waals surface area contributed by atoms with Gasteiger partial charge in [0.1, 0.15) is 17.9 Å². The number of fused-ring (bicyclic) bond motifs is 1. The van der Waals surface area contributed by atoms with Crippen molar-refractivity contribution >= 4 is 5.97 Å². The lowest BCUT2D eigenvalue weighted by Crippen LogP contribution is -2.42. The van der Waals surface area contributed by atoms with Gasteiger partial charge in [-0.1, -0.05) is 17.7 Å². The maximum Gasteiger partial charge on any atom is 0.323 e.